The number of benzene rings is 2. The maximum atomic E-state index is 12.1. The van der Waals surface area contributed by atoms with Gasteiger partial charge in [-0.25, -0.2) is 13.4 Å². The molecular formula is C20H18N2O3S. The normalized spacial score (nSPS) is 12.5. The number of aryl methyl sites for hydroxylation is 1. The molecule has 0 N–H and O–H groups in total. The Kier molecular flexibility index (Phi) is 4.43. The highest BCUT2D eigenvalue weighted by Gasteiger charge is 2.29. The number of hydrogen-bond donors (Lipinski definition) is 0. The van der Waals surface area contributed by atoms with E-state index in [1.807, 2.05) is 39.0 Å². The lowest BCUT2D eigenvalue weighted by Crippen LogP contribution is -2.19. The number of nitriles is 1. The van der Waals surface area contributed by atoms with Crippen molar-refractivity contribution in [1.29, 1.82) is 5.26 Å². The number of sulfone groups is 1. The van der Waals surface area contributed by atoms with Gasteiger partial charge in [0.15, 0.2) is 5.58 Å². The Morgan fingerprint density at radius 1 is 1.15 bits per heavy atom. The number of hydrogen-bond acceptors (Lipinski definition) is 5. The van der Waals surface area contributed by atoms with Crippen LogP contribution in [0.25, 0.3) is 11.1 Å². The third-order valence-electron chi connectivity index (χ3n) is 4.30. The summed E-state index contributed by atoms with van der Waals surface area (Å²) in [5.41, 5.74) is 2.98. The summed E-state index contributed by atoms with van der Waals surface area (Å²) in [5.74, 6) is 0.568. The summed E-state index contributed by atoms with van der Waals surface area (Å²) in [6.07, 6.45) is 0.952. The van der Waals surface area contributed by atoms with E-state index in [0.29, 0.717) is 5.89 Å². The highest BCUT2D eigenvalue weighted by molar-refractivity contribution is 7.94. The lowest BCUT2D eigenvalue weighted by Gasteiger charge is -2.21. The topological polar surface area (TPSA) is 84.0 Å². The van der Waals surface area contributed by atoms with E-state index in [2.05, 4.69) is 4.98 Å². The Morgan fingerprint density at radius 3 is 2.50 bits per heavy atom. The minimum Gasteiger partial charge on any atom is -0.440 e. The van der Waals surface area contributed by atoms with Gasteiger partial charge in [0.2, 0.25) is 15.7 Å². The van der Waals surface area contributed by atoms with E-state index in [4.69, 9.17) is 9.68 Å². The molecule has 0 saturated heterocycles. The molecule has 0 aliphatic rings. The highest BCUT2D eigenvalue weighted by Crippen LogP contribution is 2.33. The van der Waals surface area contributed by atoms with E-state index in [9.17, 15) is 8.42 Å². The van der Waals surface area contributed by atoms with Gasteiger partial charge >= 0.3 is 0 Å². The Morgan fingerprint density at radius 2 is 1.85 bits per heavy atom. The van der Waals surface area contributed by atoms with Crippen LogP contribution in [0.5, 0.6) is 0 Å². The molecule has 0 saturated carbocycles. The molecule has 0 aliphatic heterocycles. The molecule has 1 aromatic heterocycles. The minimum atomic E-state index is -3.62. The van der Waals surface area contributed by atoms with Crippen LogP contribution in [0.1, 0.15) is 30.9 Å². The van der Waals surface area contributed by atoms with Gasteiger partial charge in [-0.05, 0) is 56.2 Å². The predicted molar refractivity (Wildman–Crippen MR) is 99.3 cm³/mol. The van der Waals surface area contributed by atoms with Crippen molar-refractivity contribution in [2.45, 2.75) is 31.1 Å². The number of oxazole rings is 1. The van der Waals surface area contributed by atoms with Crippen LogP contribution in [0.4, 0.5) is 0 Å². The van der Waals surface area contributed by atoms with Crippen molar-refractivity contribution in [1.82, 2.24) is 4.98 Å². The molecule has 3 rings (SSSR count). The van der Waals surface area contributed by atoms with Gasteiger partial charge in [-0.15, -0.1) is 0 Å². The first-order chi connectivity index (χ1) is 12.2. The fourth-order valence-corrected chi connectivity index (χ4v) is 3.60. The monoisotopic (exact) mass is 366 g/mol. The number of aromatic nitrogens is 1. The van der Waals surface area contributed by atoms with E-state index in [-0.39, 0.29) is 4.90 Å². The number of rotatable bonds is 4. The number of fused-ring (bicyclic) bond motifs is 1. The molecule has 5 nitrogen and oxygen atoms in total. The van der Waals surface area contributed by atoms with Crippen LogP contribution in [0.3, 0.4) is 0 Å². The van der Waals surface area contributed by atoms with Crippen LogP contribution < -0.4 is 0 Å². The van der Waals surface area contributed by atoms with Crippen molar-refractivity contribution in [2.75, 3.05) is 0 Å². The average molecular weight is 366 g/mol. The molecule has 3 aromatic rings. The Balaban J connectivity index is 1.99. The first kappa shape index (κ1) is 17.9. The van der Waals surface area contributed by atoms with Crippen LogP contribution in [0, 0.1) is 18.3 Å². The summed E-state index contributed by atoms with van der Waals surface area (Å²) in [6, 6.07) is 14.1. The van der Waals surface area contributed by atoms with Crippen LogP contribution in [0.2, 0.25) is 0 Å². The zero-order valence-corrected chi connectivity index (χ0v) is 15.5. The van der Waals surface area contributed by atoms with Gasteiger partial charge in [0, 0.05) is 11.5 Å². The summed E-state index contributed by atoms with van der Waals surface area (Å²) in [5, 5.41) is 9.41. The molecule has 0 unspecified atom stereocenters. The summed E-state index contributed by atoms with van der Waals surface area (Å²) >= 11 is 0. The standard InChI is InChI=1S/C20H18N2O3S/c1-14-5-10-18-17(13-14)22-19(25-18)20(2,3)15-6-8-16(9-7-15)26(23,24)12-4-11-21/h4-10,12-13H,1-3H3. The lowest BCUT2D eigenvalue weighted by atomic mass is 9.84. The van der Waals surface area contributed by atoms with Crippen LogP contribution in [-0.4, -0.2) is 13.4 Å². The smallest absolute Gasteiger partial charge is 0.205 e. The second-order valence-electron chi connectivity index (χ2n) is 6.62. The van der Waals surface area contributed by atoms with Gasteiger partial charge in [0.25, 0.3) is 0 Å². The van der Waals surface area contributed by atoms with Crippen molar-refractivity contribution in [3.05, 3.63) is 71.0 Å². The molecule has 2 aromatic carbocycles. The summed E-state index contributed by atoms with van der Waals surface area (Å²) < 4.78 is 30.1. The van der Waals surface area contributed by atoms with Crippen LogP contribution >= 0.6 is 0 Å². The van der Waals surface area contributed by atoms with E-state index < -0.39 is 15.3 Å². The van der Waals surface area contributed by atoms with Gasteiger partial charge in [-0.2, -0.15) is 5.26 Å². The fourth-order valence-electron chi connectivity index (χ4n) is 2.69. The second kappa shape index (κ2) is 6.43. The van der Waals surface area contributed by atoms with Crippen LogP contribution in [-0.2, 0) is 15.3 Å². The van der Waals surface area contributed by atoms with Crippen molar-refractivity contribution >= 4 is 20.9 Å². The first-order valence-electron chi connectivity index (χ1n) is 8.03. The maximum Gasteiger partial charge on any atom is 0.205 e. The van der Waals surface area contributed by atoms with Gasteiger partial charge in [0.05, 0.1) is 16.4 Å². The van der Waals surface area contributed by atoms with Crippen molar-refractivity contribution in [3.63, 3.8) is 0 Å². The Bertz CT molecular complexity index is 1130. The quantitative estimate of drug-likeness (QED) is 0.644. The molecule has 0 aliphatic carbocycles. The zero-order chi connectivity index (χ0) is 18.9. The number of allylic oxidation sites excluding steroid dienone is 1. The van der Waals surface area contributed by atoms with Gasteiger partial charge in [0.1, 0.15) is 5.52 Å². The van der Waals surface area contributed by atoms with E-state index >= 15 is 0 Å². The van der Waals surface area contributed by atoms with E-state index in [1.165, 1.54) is 12.1 Å². The molecule has 132 valence electrons. The predicted octanol–water partition coefficient (Wildman–Crippen LogP) is 4.27. The Hall–Kier alpha value is -2.91. The molecule has 0 amide bonds. The summed E-state index contributed by atoms with van der Waals surface area (Å²) in [4.78, 5) is 4.74. The third-order valence-corrected chi connectivity index (χ3v) is 5.73. The summed E-state index contributed by atoms with van der Waals surface area (Å²) in [7, 11) is -3.62. The lowest BCUT2D eigenvalue weighted by molar-refractivity contribution is 0.433. The highest BCUT2D eigenvalue weighted by atomic mass is 32.2. The van der Waals surface area contributed by atoms with Gasteiger partial charge in [-0.1, -0.05) is 18.2 Å². The third kappa shape index (κ3) is 3.26. The van der Waals surface area contributed by atoms with Gasteiger partial charge < -0.3 is 4.42 Å². The molecular weight excluding hydrogens is 348 g/mol. The second-order valence-corrected chi connectivity index (χ2v) is 8.45. The Labute approximate surface area is 152 Å². The van der Waals surface area contributed by atoms with E-state index in [0.717, 1.165) is 33.7 Å². The zero-order valence-electron chi connectivity index (χ0n) is 14.7. The molecule has 6 heteroatoms. The molecule has 0 fully saturated rings. The minimum absolute atomic E-state index is 0.136. The van der Waals surface area contributed by atoms with Crippen molar-refractivity contribution in [3.8, 4) is 6.07 Å². The molecule has 0 spiro atoms. The van der Waals surface area contributed by atoms with Crippen LogP contribution in [0.15, 0.2) is 63.3 Å². The van der Waals surface area contributed by atoms with Crippen molar-refractivity contribution in [2.24, 2.45) is 0 Å². The molecule has 1 heterocycles. The molecule has 0 bridgehead atoms. The SMILES string of the molecule is Cc1ccc2oc(C(C)(C)c3ccc(S(=O)(=O)C=CC#N)cc3)nc2c1. The average Bonchev–Trinajstić information content (AvgIpc) is 3.04. The fraction of sp³-hybridized carbons (Fsp3) is 0.200. The maximum absolute atomic E-state index is 12.1. The molecule has 0 radical (unpaired) electrons. The largest absolute Gasteiger partial charge is 0.440 e. The summed E-state index contributed by atoms with van der Waals surface area (Å²) in [6.45, 7) is 5.95. The van der Waals surface area contributed by atoms with E-state index in [1.54, 1.807) is 18.2 Å². The molecule has 26 heavy (non-hydrogen) atoms. The number of nitrogens with zero attached hydrogens (tertiary/aromatic N) is 2. The first-order valence-corrected chi connectivity index (χ1v) is 9.58. The van der Waals surface area contributed by atoms with Gasteiger partial charge in [-0.3, -0.25) is 0 Å². The molecule has 0 atom stereocenters. The van der Waals surface area contributed by atoms with Crippen molar-refractivity contribution < 1.29 is 12.8 Å².